The Bertz CT molecular complexity index is 872. The Kier molecular flexibility index (Phi) is 4.72. The minimum Gasteiger partial charge on any atom is -0.466 e. The average Bonchev–Trinajstić information content (AvgIpc) is 3.15. The van der Waals surface area contributed by atoms with Gasteiger partial charge in [0.1, 0.15) is 16.9 Å². The van der Waals surface area contributed by atoms with Crippen LogP contribution in [-0.2, 0) is 10.3 Å². The summed E-state index contributed by atoms with van der Waals surface area (Å²) in [5, 5.41) is 14.6. The van der Waals surface area contributed by atoms with Crippen molar-refractivity contribution < 1.29 is 19.1 Å². The molecule has 0 bridgehead atoms. The van der Waals surface area contributed by atoms with Gasteiger partial charge in [-0.3, -0.25) is 4.98 Å². The third-order valence-electron chi connectivity index (χ3n) is 3.93. The molecule has 2 aromatic heterocycles. The quantitative estimate of drug-likeness (QED) is 0.670. The van der Waals surface area contributed by atoms with Crippen LogP contribution in [0, 0.1) is 0 Å². The summed E-state index contributed by atoms with van der Waals surface area (Å²) in [7, 11) is 0. The van der Waals surface area contributed by atoms with Crippen molar-refractivity contribution in [1.82, 2.24) is 4.98 Å². The number of nitrogens with zero attached hydrogens (tertiary/aromatic N) is 1. The van der Waals surface area contributed by atoms with Crippen LogP contribution in [0.3, 0.4) is 0 Å². The number of hydrogen-bond acceptors (Lipinski definition) is 6. The fraction of sp³-hybridized carbons (Fsp3) is 0.263. The van der Waals surface area contributed by atoms with Gasteiger partial charge in [0.15, 0.2) is 0 Å². The number of benzene rings is 1. The fourth-order valence-corrected chi connectivity index (χ4v) is 2.63. The first-order valence-electron chi connectivity index (χ1n) is 8.08. The Morgan fingerprint density at radius 1 is 1.32 bits per heavy atom. The summed E-state index contributed by atoms with van der Waals surface area (Å²) in [5.74, 6) is -0.0167. The number of esters is 1. The maximum Gasteiger partial charge on any atom is 0.341 e. The van der Waals surface area contributed by atoms with Crippen LogP contribution in [0.15, 0.2) is 53.3 Å². The molecule has 6 heteroatoms. The first-order chi connectivity index (χ1) is 12.0. The number of aliphatic hydroxyl groups is 1. The Morgan fingerprint density at radius 3 is 2.84 bits per heavy atom. The van der Waals surface area contributed by atoms with Crippen LogP contribution < -0.4 is 5.32 Å². The third kappa shape index (κ3) is 3.49. The van der Waals surface area contributed by atoms with Crippen LogP contribution in [-0.4, -0.2) is 29.2 Å². The Hall–Kier alpha value is -2.86. The predicted molar refractivity (Wildman–Crippen MR) is 94.5 cm³/mol. The molecular formula is C19H20N2O4. The highest BCUT2D eigenvalue weighted by atomic mass is 16.5. The molecule has 1 aromatic carbocycles. The minimum atomic E-state index is -1.24. The van der Waals surface area contributed by atoms with Crippen molar-refractivity contribution in [2.75, 3.05) is 18.5 Å². The minimum absolute atomic E-state index is 0.154. The van der Waals surface area contributed by atoms with Crippen LogP contribution in [0.5, 0.6) is 0 Å². The number of ether oxygens (including phenoxy) is 1. The molecule has 0 amide bonds. The second kappa shape index (κ2) is 6.94. The number of carbonyl (C=O) groups is 1. The molecular weight excluding hydrogens is 320 g/mol. The summed E-state index contributed by atoms with van der Waals surface area (Å²) < 4.78 is 10.4. The number of anilines is 1. The number of para-hydroxylation sites is 1. The summed E-state index contributed by atoms with van der Waals surface area (Å²) >= 11 is 0. The number of nitrogens with one attached hydrogen (secondary N) is 1. The van der Waals surface area contributed by atoms with E-state index in [-0.39, 0.29) is 13.2 Å². The molecule has 3 aromatic rings. The van der Waals surface area contributed by atoms with E-state index in [0.29, 0.717) is 17.0 Å². The van der Waals surface area contributed by atoms with E-state index in [1.165, 1.54) is 12.5 Å². The Labute approximate surface area is 145 Å². The number of carbonyl (C=O) groups excluding carboxylic acids is 1. The van der Waals surface area contributed by atoms with E-state index >= 15 is 0 Å². The molecule has 0 radical (unpaired) electrons. The Balaban J connectivity index is 1.98. The Morgan fingerprint density at radius 2 is 2.12 bits per heavy atom. The van der Waals surface area contributed by atoms with Gasteiger partial charge in [-0.05, 0) is 32.0 Å². The van der Waals surface area contributed by atoms with Crippen LogP contribution >= 0.6 is 0 Å². The van der Waals surface area contributed by atoms with E-state index in [4.69, 9.17) is 9.15 Å². The standard InChI is InChI=1S/C19H20N2O4/c1-3-24-18(22)14-11-20-15-8-5-4-7-13(15)17(14)21-12-19(2,23)16-9-6-10-25-16/h4-11,23H,3,12H2,1-2H3,(H,20,21). The van der Waals surface area contributed by atoms with Gasteiger partial charge in [0, 0.05) is 11.6 Å². The third-order valence-corrected chi connectivity index (χ3v) is 3.93. The molecule has 3 rings (SSSR count). The van der Waals surface area contributed by atoms with Crippen LogP contribution in [0.4, 0.5) is 5.69 Å². The molecule has 0 aliphatic heterocycles. The molecule has 0 spiro atoms. The molecule has 130 valence electrons. The lowest BCUT2D eigenvalue weighted by Crippen LogP contribution is -2.30. The van der Waals surface area contributed by atoms with Crippen LogP contribution in [0.25, 0.3) is 10.9 Å². The maximum atomic E-state index is 12.3. The van der Waals surface area contributed by atoms with Crippen molar-refractivity contribution in [3.8, 4) is 0 Å². The zero-order chi connectivity index (χ0) is 17.9. The number of pyridine rings is 1. The normalized spacial score (nSPS) is 13.4. The number of furan rings is 1. The topological polar surface area (TPSA) is 84.6 Å². The summed E-state index contributed by atoms with van der Waals surface area (Å²) in [6, 6.07) is 10.9. The summed E-state index contributed by atoms with van der Waals surface area (Å²) in [6.07, 6.45) is 3.00. The lowest BCUT2D eigenvalue weighted by Gasteiger charge is -2.23. The number of aromatic nitrogens is 1. The predicted octanol–water partition coefficient (Wildman–Crippen LogP) is 3.32. The molecule has 6 nitrogen and oxygen atoms in total. The molecule has 2 heterocycles. The molecule has 1 unspecified atom stereocenters. The van der Waals surface area contributed by atoms with Crippen molar-refractivity contribution in [3.05, 3.63) is 60.2 Å². The zero-order valence-corrected chi connectivity index (χ0v) is 14.2. The second-order valence-corrected chi connectivity index (χ2v) is 5.89. The second-order valence-electron chi connectivity index (χ2n) is 5.89. The van der Waals surface area contributed by atoms with Gasteiger partial charge in [0.25, 0.3) is 0 Å². The highest BCUT2D eigenvalue weighted by Gasteiger charge is 2.27. The van der Waals surface area contributed by atoms with Gasteiger partial charge in [-0.25, -0.2) is 4.79 Å². The lowest BCUT2D eigenvalue weighted by molar-refractivity contribution is 0.0471. The van der Waals surface area contributed by atoms with Crippen molar-refractivity contribution in [1.29, 1.82) is 0 Å². The number of fused-ring (bicyclic) bond motifs is 1. The number of hydrogen-bond donors (Lipinski definition) is 2. The monoisotopic (exact) mass is 340 g/mol. The van der Waals surface area contributed by atoms with Gasteiger partial charge in [-0.2, -0.15) is 0 Å². The van der Waals surface area contributed by atoms with E-state index in [1.807, 2.05) is 24.3 Å². The first-order valence-corrected chi connectivity index (χ1v) is 8.08. The van der Waals surface area contributed by atoms with Crippen molar-refractivity contribution in [2.45, 2.75) is 19.4 Å². The first kappa shape index (κ1) is 17.0. The molecule has 25 heavy (non-hydrogen) atoms. The molecule has 1 atom stereocenters. The van der Waals surface area contributed by atoms with Gasteiger partial charge in [0.2, 0.25) is 0 Å². The van der Waals surface area contributed by atoms with Gasteiger partial charge in [-0.15, -0.1) is 0 Å². The van der Waals surface area contributed by atoms with Gasteiger partial charge < -0.3 is 19.6 Å². The smallest absolute Gasteiger partial charge is 0.341 e. The largest absolute Gasteiger partial charge is 0.466 e. The SMILES string of the molecule is CCOC(=O)c1cnc2ccccc2c1NCC(C)(O)c1ccco1. The number of rotatable bonds is 6. The van der Waals surface area contributed by atoms with Crippen molar-refractivity contribution in [2.24, 2.45) is 0 Å². The van der Waals surface area contributed by atoms with E-state index in [9.17, 15) is 9.90 Å². The summed E-state index contributed by atoms with van der Waals surface area (Å²) in [4.78, 5) is 16.6. The van der Waals surface area contributed by atoms with E-state index < -0.39 is 11.6 Å². The highest BCUT2D eigenvalue weighted by molar-refractivity contribution is 6.04. The van der Waals surface area contributed by atoms with Crippen LogP contribution in [0.2, 0.25) is 0 Å². The lowest BCUT2D eigenvalue weighted by atomic mass is 10.0. The summed E-state index contributed by atoms with van der Waals surface area (Å²) in [5.41, 5.74) is 0.419. The van der Waals surface area contributed by atoms with Gasteiger partial charge in [-0.1, -0.05) is 18.2 Å². The molecule has 0 saturated carbocycles. The molecule has 0 aliphatic rings. The van der Waals surface area contributed by atoms with Gasteiger partial charge in [0.05, 0.1) is 30.6 Å². The van der Waals surface area contributed by atoms with E-state index in [0.717, 1.165) is 10.9 Å². The molecule has 2 N–H and O–H groups in total. The molecule has 0 fully saturated rings. The highest BCUT2D eigenvalue weighted by Crippen LogP contribution is 2.29. The summed E-state index contributed by atoms with van der Waals surface area (Å²) in [6.45, 7) is 3.82. The van der Waals surface area contributed by atoms with Crippen molar-refractivity contribution in [3.63, 3.8) is 0 Å². The maximum absolute atomic E-state index is 12.3. The van der Waals surface area contributed by atoms with E-state index in [1.54, 1.807) is 26.0 Å². The van der Waals surface area contributed by atoms with Gasteiger partial charge >= 0.3 is 5.97 Å². The van der Waals surface area contributed by atoms with Crippen molar-refractivity contribution >= 4 is 22.6 Å². The fourth-order valence-electron chi connectivity index (χ4n) is 2.63. The van der Waals surface area contributed by atoms with E-state index in [2.05, 4.69) is 10.3 Å². The molecule has 0 saturated heterocycles. The molecule has 0 aliphatic carbocycles. The average molecular weight is 340 g/mol. The zero-order valence-electron chi connectivity index (χ0n) is 14.2. The van der Waals surface area contributed by atoms with Crippen LogP contribution in [0.1, 0.15) is 30.0 Å².